The zero-order chi connectivity index (χ0) is 13.4. The van der Waals surface area contributed by atoms with E-state index >= 15 is 0 Å². The number of fused-ring (bicyclic) bond motifs is 1. The highest BCUT2D eigenvalue weighted by molar-refractivity contribution is 6.06. The Morgan fingerprint density at radius 2 is 2.32 bits per heavy atom. The minimum Gasteiger partial charge on any atom is -0.366 e. The van der Waals surface area contributed by atoms with Gasteiger partial charge in [0.1, 0.15) is 0 Å². The summed E-state index contributed by atoms with van der Waals surface area (Å²) in [5.74, 6) is -0.374. The Hall–Kier alpha value is -2.43. The van der Waals surface area contributed by atoms with Gasteiger partial charge in [0, 0.05) is 28.9 Å². The van der Waals surface area contributed by atoms with Crippen LogP contribution in [0.2, 0.25) is 0 Å². The van der Waals surface area contributed by atoms with Gasteiger partial charge >= 0.3 is 0 Å². The predicted molar refractivity (Wildman–Crippen MR) is 72.3 cm³/mol. The first-order valence-electron chi connectivity index (χ1n) is 6.11. The van der Waals surface area contributed by atoms with E-state index in [-0.39, 0.29) is 12.0 Å². The Morgan fingerprint density at radius 1 is 1.47 bits per heavy atom. The van der Waals surface area contributed by atoms with Gasteiger partial charge in [0.15, 0.2) is 0 Å². The van der Waals surface area contributed by atoms with Crippen LogP contribution >= 0.6 is 0 Å². The summed E-state index contributed by atoms with van der Waals surface area (Å²) in [5, 5.41) is 4.38. The van der Waals surface area contributed by atoms with Crippen molar-refractivity contribution in [2.75, 3.05) is 0 Å². The van der Waals surface area contributed by atoms with Gasteiger partial charge < -0.3 is 11.2 Å². The van der Waals surface area contributed by atoms with Crippen LogP contribution < -0.4 is 11.2 Å². The fourth-order valence-corrected chi connectivity index (χ4v) is 2.40. The monoisotopic (exact) mass is 254 g/mol. The third-order valence-corrected chi connectivity index (χ3v) is 3.36. The van der Waals surface area contributed by atoms with Crippen molar-refractivity contribution in [3.63, 3.8) is 0 Å². The van der Waals surface area contributed by atoms with Crippen LogP contribution in [0.4, 0.5) is 0 Å². The molecule has 3 rings (SSSR count). The SMILES string of the molecule is Cc1cc(C2=NNC3C=CC(C(N)=O)=CC23)ccn1. The van der Waals surface area contributed by atoms with Crippen molar-refractivity contribution in [2.45, 2.75) is 13.0 Å². The maximum absolute atomic E-state index is 11.3. The first kappa shape index (κ1) is 11.6. The largest absolute Gasteiger partial charge is 0.366 e. The van der Waals surface area contributed by atoms with Gasteiger partial charge in [0.2, 0.25) is 5.91 Å². The number of hydrogen-bond donors (Lipinski definition) is 2. The molecule has 2 atom stereocenters. The van der Waals surface area contributed by atoms with Crippen LogP contribution in [0.5, 0.6) is 0 Å². The molecule has 1 aliphatic heterocycles. The topological polar surface area (TPSA) is 80.4 Å². The summed E-state index contributed by atoms with van der Waals surface area (Å²) in [6.07, 6.45) is 7.31. The molecule has 19 heavy (non-hydrogen) atoms. The molecule has 5 nitrogen and oxygen atoms in total. The molecule has 0 bridgehead atoms. The number of nitrogens with zero attached hydrogens (tertiary/aromatic N) is 2. The number of primary amides is 1. The molecular formula is C14H14N4O. The lowest BCUT2D eigenvalue weighted by atomic mass is 9.86. The Labute approximate surface area is 110 Å². The number of nitrogens with two attached hydrogens (primary N) is 1. The number of rotatable bonds is 2. The number of pyridine rings is 1. The summed E-state index contributed by atoms with van der Waals surface area (Å²) in [4.78, 5) is 15.5. The van der Waals surface area contributed by atoms with E-state index in [4.69, 9.17) is 5.73 Å². The van der Waals surface area contributed by atoms with Gasteiger partial charge in [-0.3, -0.25) is 9.78 Å². The number of hydrogen-bond acceptors (Lipinski definition) is 4. The predicted octanol–water partition coefficient (Wildman–Crippen LogP) is 0.664. The average molecular weight is 254 g/mol. The molecule has 1 aromatic heterocycles. The van der Waals surface area contributed by atoms with E-state index < -0.39 is 5.91 Å². The van der Waals surface area contributed by atoms with Crippen LogP contribution in [0.3, 0.4) is 0 Å². The maximum atomic E-state index is 11.3. The average Bonchev–Trinajstić information content (AvgIpc) is 2.81. The molecule has 0 aromatic carbocycles. The molecule has 0 spiro atoms. The van der Waals surface area contributed by atoms with E-state index in [9.17, 15) is 4.79 Å². The van der Waals surface area contributed by atoms with Crippen LogP contribution in [-0.2, 0) is 4.79 Å². The molecule has 0 radical (unpaired) electrons. The Morgan fingerprint density at radius 3 is 3.05 bits per heavy atom. The number of carbonyl (C=O) groups is 1. The fraction of sp³-hybridized carbons (Fsp3) is 0.214. The molecule has 1 aromatic rings. The van der Waals surface area contributed by atoms with E-state index in [1.165, 1.54) is 0 Å². The summed E-state index contributed by atoms with van der Waals surface area (Å²) in [7, 11) is 0. The first-order chi connectivity index (χ1) is 9.15. The minimum atomic E-state index is -0.410. The number of aryl methyl sites for hydroxylation is 1. The molecular weight excluding hydrogens is 240 g/mol. The van der Waals surface area contributed by atoms with Crippen molar-refractivity contribution in [2.24, 2.45) is 16.8 Å². The number of aromatic nitrogens is 1. The highest BCUT2D eigenvalue weighted by Gasteiger charge is 2.32. The van der Waals surface area contributed by atoms with Crippen LogP contribution in [0.25, 0.3) is 0 Å². The Bertz CT molecular complexity index is 630. The summed E-state index contributed by atoms with van der Waals surface area (Å²) < 4.78 is 0. The second-order valence-electron chi connectivity index (χ2n) is 4.71. The van der Waals surface area contributed by atoms with E-state index in [1.54, 1.807) is 12.3 Å². The van der Waals surface area contributed by atoms with Crippen LogP contribution in [0.1, 0.15) is 11.3 Å². The van der Waals surface area contributed by atoms with E-state index in [0.29, 0.717) is 5.57 Å². The summed E-state index contributed by atoms with van der Waals surface area (Å²) in [5.41, 5.74) is 11.8. The van der Waals surface area contributed by atoms with Gasteiger partial charge in [-0.25, -0.2) is 0 Å². The summed E-state index contributed by atoms with van der Waals surface area (Å²) in [6.45, 7) is 1.94. The third kappa shape index (κ3) is 2.03. The van der Waals surface area contributed by atoms with E-state index in [0.717, 1.165) is 17.0 Å². The zero-order valence-electron chi connectivity index (χ0n) is 10.5. The second-order valence-corrected chi connectivity index (χ2v) is 4.71. The zero-order valence-corrected chi connectivity index (χ0v) is 10.5. The van der Waals surface area contributed by atoms with Gasteiger partial charge in [-0.2, -0.15) is 5.10 Å². The smallest absolute Gasteiger partial charge is 0.248 e. The normalized spacial score (nSPS) is 24.3. The minimum absolute atomic E-state index is 0.0364. The number of carbonyl (C=O) groups excluding carboxylic acids is 1. The highest BCUT2D eigenvalue weighted by Crippen LogP contribution is 2.26. The number of hydrazone groups is 1. The first-order valence-corrected chi connectivity index (χ1v) is 6.11. The van der Waals surface area contributed by atoms with Crippen molar-refractivity contribution in [1.82, 2.24) is 10.4 Å². The lowest BCUT2D eigenvalue weighted by Crippen LogP contribution is -2.30. The van der Waals surface area contributed by atoms with Crippen molar-refractivity contribution in [3.8, 4) is 0 Å². The molecule has 2 unspecified atom stereocenters. The number of amides is 1. The standard InChI is InChI=1S/C14H14N4O/c1-8-6-9(4-5-16-8)13-11-7-10(14(15)19)2-3-12(11)17-18-13/h2-7,11-12,17H,1H3,(H2,15,19). The van der Waals surface area contributed by atoms with Crippen molar-refractivity contribution in [1.29, 1.82) is 0 Å². The summed E-state index contributed by atoms with van der Waals surface area (Å²) >= 11 is 0. The number of nitrogens with one attached hydrogen (secondary N) is 1. The van der Waals surface area contributed by atoms with Gasteiger partial charge in [-0.1, -0.05) is 18.2 Å². The van der Waals surface area contributed by atoms with Crippen LogP contribution in [0, 0.1) is 12.8 Å². The molecule has 2 heterocycles. The second kappa shape index (κ2) is 4.35. The molecule has 96 valence electrons. The molecule has 5 heteroatoms. The van der Waals surface area contributed by atoms with Crippen LogP contribution in [0.15, 0.2) is 47.2 Å². The van der Waals surface area contributed by atoms with Crippen molar-refractivity contribution >= 4 is 11.6 Å². The molecule has 0 fully saturated rings. The molecule has 1 aliphatic carbocycles. The Kier molecular flexibility index (Phi) is 2.67. The molecule has 0 saturated carbocycles. The summed E-state index contributed by atoms with van der Waals surface area (Å²) in [6, 6.07) is 4.00. The van der Waals surface area contributed by atoms with Gasteiger partial charge in [0.25, 0.3) is 0 Å². The van der Waals surface area contributed by atoms with Crippen molar-refractivity contribution in [3.05, 3.63) is 53.4 Å². The molecule has 2 aliphatic rings. The lowest BCUT2D eigenvalue weighted by Gasteiger charge is -2.19. The van der Waals surface area contributed by atoms with E-state index in [1.807, 2.05) is 31.2 Å². The highest BCUT2D eigenvalue weighted by atomic mass is 16.1. The Balaban J connectivity index is 1.97. The molecule has 1 amide bonds. The maximum Gasteiger partial charge on any atom is 0.248 e. The van der Waals surface area contributed by atoms with Gasteiger partial charge in [0.05, 0.1) is 11.8 Å². The lowest BCUT2D eigenvalue weighted by molar-refractivity contribution is -0.114. The van der Waals surface area contributed by atoms with E-state index in [2.05, 4.69) is 15.5 Å². The van der Waals surface area contributed by atoms with Crippen LogP contribution in [-0.4, -0.2) is 22.6 Å². The van der Waals surface area contributed by atoms with Crippen molar-refractivity contribution < 1.29 is 4.79 Å². The molecule has 0 saturated heterocycles. The quantitative estimate of drug-likeness (QED) is 0.813. The molecule has 3 N–H and O–H groups in total. The van der Waals surface area contributed by atoms with Gasteiger partial charge in [-0.05, 0) is 19.1 Å². The third-order valence-electron chi connectivity index (χ3n) is 3.36. The fourth-order valence-electron chi connectivity index (χ4n) is 2.40. The van der Waals surface area contributed by atoms with Gasteiger partial charge in [-0.15, -0.1) is 0 Å².